The Bertz CT molecular complexity index is 1320. The molecule has 1 fully saturated rings. The summed E-state index contributed by atoms with van der Waals surface area (Å²) in [5.41, 5.74) is 0. The van der Waals surface area contributed by atoms with Crippen LogP contribution < -0.4 is 5.32 Å². The predicted octanol–water partition coefficient (Wildman–Crippen LogP) is 11.5. The molecule has 0 bridgehead atoms. The van der Waals surface area contributed by atoms with Gasteiger partial charge < -0.3 is 45.1 Å². The summed E-state index contributed by atoms with van der Waals surface area (Å²) in [6.45, 7) is 5.57. The average molecular weight is 946 g/mol. The molecule has 388 valence electrons. The van der Waals surface area contributed by atoms with Crippen molar-refractivity contribution in [2.75, 3.05) is 13.2 Å². The third-order valence-corrected chi connectivity index (χ3v) is 12.5. The Morgan fingerprint density at radius 1 is 0.597 bits per heavy atom. The van der Waals surface area contributed by atoms with Crippen molar-refractivity contribution < 1.29 is 49.3 Å². The highest BCUT2D eigenvalue weighted by atomic mass is 16.7. The van der Waals surface area contributed by atoms with E-state index in [1.54, 1.807) is 6.08 Å². The zero-order valence-corrected chi connectivity index (χ0v) is 42.5. The Hall–Kier alpha value is -2.64. The summed E-state index contributed by atoms with van der Waals surface area (Å²) in [5.74, 6) is -1.22. The maximum atomic E-state index is 13.3. The van der Waals surface area contributed by atoms with E-state index >= 15 is 0 Å². The molecular formula is C56H99NO10. The molecule has 1 aliphatic rings. The van der Waals surface area contributed by atoms with E-state index in [1.165, 1.54) is 70.6 Å². The summed E-state index contributed by atoms with van der Waals surface area (Å²) in [7, 11) is 0. The van der Waals surface area contributed by atoms with Crippen LogP contribution in [0.25, 0.3) is 0 Å². The molecular weight excluding hydrogens is 847 g/mol. The molecule has 0 aromatic rings. The van der Waals surface area contributed by atoms with Gasteiger partial charge >= 0.3 is 5.97 Å². The lowest BCUT2D eigenvalue weighted by atomic mass is 9.99. The van der Waals surface area contributed by atoms with Gasteiger partial charge in [-0.05, 0) is 64.2 Å². The van der Waals surface area contributed by atoms with Gasteiger partial charge in [-0.1, -0.05) is 210 Å². The molecule has 0 aromatic carbocycles. The third kappa shape index (κ3) is 33.5. The third-order valence-electron chi connectivity index (χ3n) is 12.5. The Kier molecular flexibility index (Phi) is 41.5. The van der Waals surface area contributed by atoms with Gasteiger partial charge in [-0.3, -0.25) is 9.59 Å². The quantitative estimate of drug-likeness (QED) is 0.0149. The largest absolute Gasteiger partial charge is 0.454 e. The van der Waals surface area contributed by atoms with Gasteiger partial charge in [0.2, 0.25) is 5.91 Å². The number of hydrogen-bond acceptors (Lipinski definition) is 10. The molecule has 8 atom stereocenters. The highest BCUT2D eigenvalue weighted by Gasteiger charge is 2.47. The summed E-state index contributed by atoms with van der Waals surface area (Å²) in [6.07, 6.45) is 42.7. The lowest BCUT2D eigenvalue weighted by Gasteiger charge is -2.41. The number of amides is 1. The number of esters is 1. The standard InChI is InChI=1S/C56H99NO10/c1-4-7-10-13-16-19-22-24-25-27-29-32-35-38-41-44-51(61)67-54-53(63)52(62)50(45-58)66-56(54)65-46-47(48(59)42-39-36-33-31-28-26-23-20-17-14-11-8-5-2)57-55(64)49(60)43-40-37-34-30-21-18-15-12-9-6-3/h7,10,13,15-16,18-19,22,39,42,47-50,52-54,56,58-60,62-63H,4-6,8-9,11-12,14,17,20-21,23-38,40-41,43-46H2,1-3H3,(H,57,64)/b10-7+,16-13+,18-15-,22-19+,42-39+. The fraction of sp³-hybridized carbons (Fsp3) is 0.786. The number of rotatable bonds is 44. The van der Waals surface area contributed by atoms with Gasteiger partial charge in [-0.25, -0.2) is 0 Å². The molecule has 0 radical (unpaired) electrons. The van der Waals surface area contributed by atoms with Crippen molar-refractivity contribution in [3.63, 3.8) is 0 Å². The number of aliphatic hydroxyl groups is 5. The number of allylic oxidation sites excluding steroid dienone is 9. The summed E-state index contributed by atoms with van der Waals surface area (Å²) in [6, 6.07) is -1.03. The number of ether oxygens (including phenoxy) is 3. The van der Waals surface area contributed by atoms with Gasteiger partial charge in [0.15, 0.2) is 12.4 Å². The van der Waals surface area contributed by atoms with Gasteiger partial charge in [0.1, 0.15) is 24.4 Å². The van der Waals surface area contributed by atoms with Crippen LogP contribution >= 0.6 is 0 Å². The molecule has 0 aliphatic carbocycles. The van der Waals surface area contributed by atoms with Crippen LogP contribution in [0.3, 0.4) is 0 Å². The van der Waals surface area contributed by atoms with Gasteiger partial charge in [0, 0.05) is 6.42 Å². The lowest BCUT2D eigenvalue weighted by molar-refractivity contribution is -0.305. The van der Waals surface area contributed by atoms with Crippen LogP contribution in [-0.2, 0) is 23.8 Å². The molecule has 0 saturated carbocycles. The maximum absolute atomic E-state index is 13.3. The second kappa shape index (κ2) is 44.6. The number of carbonyl (C=O) groups is 2. The highest BCUT2D eigenvalue weighted by Crippen LogP contribution is 2.26. The van der Waals surface area contributed by atoms with Crippen LogP contribution in [0, 0.1) is 0 Å². The minimum absolute atomic E-state index is 0.108. The van der Waals surface area contributed by atoms with Crippen molar-refractivity contribution in [1.82, 2.24) is 5.32 Å². The van der Waals surface area contributed by atoms with Crippen LogP contribution in [0.5, 0.6) is 0 Å². The second-order valence-corrected chi connectivity index (χ2v) is 18.6. The van der Waals surface area contributed by atoms with Crippen LogP contribution in [0.2, 0.25) is 0 Å². The molecule has 11 heteroatoms. The molecule has 1 rings (SSSR count). The molecule has 6 N–H and O–H groups in total. The molecule has 11 nitrogen and oxygen atoms in total. The normalized spacial score (nSPS) is 20.5. The average Bonchev–Trinajstić information content (AvgIpc) is 3.32. The van der Waals surface area contributed by atoms with Crippen molar-refractivity contribution >= 4 is 11.9 Å². The zero-order chi connectivity index (χ0) is 49.0. The van der Waals surface area contributed by atoms with Gasteiger partial charge in [0.05, 0.1) is 25.4 Å². The first-order valence-electron chi connectivity index (χ1n) is 27.1. The van der Waals surface area contributed by atoms with Crippen LogP contribution in [0.15, 0.2) is 60.8 Å². The van der Waals surface area contributed by atoms with Crippen molar-refractivity contribution in [3.05, 3.63) is 60.8 Å². The molecule has 1 heterocycles. The SMILES string of the molecule is CC/C=C/C=C/C=C/CCCCCCCCCC(=O)OC1C(OCC(NC(=O)C(O)CCCCCC/C=C\CCCC)C(O)/C=C/CCCCCCCCCCCCC)OC(CO)C(O)C1O. The maximum Gasteiger partial charge on any atom is 0.306 e. The molecule has 1 saturated heterocycles. The molecule has 67 heavy (non-hydrogen) atoms. The molecule has 1 aliphatic heterocycles. The van der Waals surface area contributed by atoms with E-state index in [9.17, 15) is 35.1 Å². The van der Waals surface area contributed by atoms with E-state index in [1.807, 2.05) is 12.2 Å². The molecule has 8 unspecified atom stereocenters. The highest BCUT2D eigenvalue weighted by molar-refractivity contribution is 5.80. The first-order valence-corrected chi connectivity index (χ1v) is 27.1. The minimum Gasteiger partial charge on any atom is -0.454 e. The Balaban J connectivity index is 2.77. The Morgan fingerprint density at radius 2 is 1.10 bits per heavy atom. The van der Waals surface area contributed by atoms with E-state index in [4.69, 9.17) is 14.2 Å². The fourth-order valence-electron chi connectivity index (χ4n) is 8.10. The zero-order valence-electron chi connectivity index (χ0n) is 42.5. The van der Waals surface area contributed by atoms with E-state index in [0.29, 0.717) is 12.8 Å². The number of unbranched alkanes of at least 4 members (excludes halogenated alkanes) is 24. The van der Waals surface area contributed by atoms with Crippen molar-refractivity contribution in [3.8, 4) is 0 Å². The van der Waals surface area contributed by atoms with Gasteiger partial charge in [-0.15, -0.1) is 0 Å². The number of carbonyl (C=O) groups excluding carboxylic acids is 2. The first kappa shape index (κ1) is 62.4. The van der Waals surface area contributed by atoms with E-state index in [0.717, 1.165) is 103 Å². The van der Waals surface area contributed by atoms with E-state index in [2.05, 4.69) is 68.6 Å². The van der Waals surface area contributed by atoms with E-state index in [-0.39, 0.29) is 19.4 Å². The van der Waals surface area contributed by atoms with Crippen molar-refractivity contribution in [2.24, 2.45) is 0 Å². The number of aliphatic hydroxyl groups excluding tert-OH is 5. The topological polar surface area (TPSA) is 175 Å². The van der Waals surface area contributed by atoms with Crippen LogP contribution in [0.1, 0.15) is 220 Å². The predicted molar refractivity (Wildman–Crippen MR) is 273 cm³/mol. The fourth-order valence-corrected chi connectivity index (χ4v) is 8.10. The minimum atomic E-state index is -1.62. The molecule has 1 amide bonds. The monoisotopic (exact) mass is 946 g/mol. The Labute approximate surface area is 408 Å². The molecule has 0 aromatic heterocycles. The molecule has 0 spiro atoms. The smallest absolute Gasteiger partial charge is 0.306 e. The van der Waals surface area contributed by atoms with Crippen LogP contribution in [0.4, 0.5) is 0 Å². The van der Waals surface area contributed by atoms with E-state index < -0.39 is 67.4 Å². The van der Waals surface area contributed by atoms with Crippen LogP contribution in [-0.4, -0.2) is 99.6 Å². The van der Waals surface area contributed by atoms with Crippen molar-refractivity contribution in [1.29, 1.82) is 0 Å². The second-order valence-electron chi connectivity index (χ2n) is 18.6. The summed E-state index contributed by atoms with van der Waals surface area (Å²) < 4.78 is 17.5. The lowest BCUT2D eigenvalue weighted by Crippen LogP contribution is -2.61. The first-order chi connectivity index (χ1) is 32.7. The summed E-state index contributed by atoms with van der Waals surface area (Å²) in [5, 5.41) is 56.6. The Morgan fingerprint density at radius 3 is 1.69 bits per heavy atom. The number of nitrogens with one attached hydrogen (secondary N) is 1. The summed E-state index contributed by atoms with van der Waals surface area (Å²) >= 11 is 0. The van der Waals surface area contributed by atoms with Gasteiger partial charge in [0.25, 0.3) is 0 Å². The van der Waals surface area contributed by atoms with Crippen molar-refractivity contribution in [2.45, 2.75) is 269 Å². The summed E-state index contributed by atoms with van der Waals surface area (Å²) in [4.78, 5) is 26.3. The number of hydrogen-bond donors (Lipinski definition) is 6. The van der Waals surface area contributed by atoms with Gasteiger partial charge in [-0.2, -0.15) is 0 Å².